The van der Waals surface area contributed by atoms with Crippen molar-refractivity contribution in [2.75, 3.05) is 33.4 Å². The third kappa shape index (κ3) is 4.87. The zero-order valence-electron chi connectivity index (χ0n) is 12.9. The van der Waals surface area contributed by atoms with Crippen molar-refractivity contribution in [2.24, 2.45) is 11.8 Å². The van der Waals surface area contributed by atoms with Crippen molar-refractivity contribution < 1.29 is 4.74 Å². The lowest BCUT2D eigenvalue weighted by Gasteiger charge is -2.38. The monoisotopic (exact) mass is 256 g/mol. The molecule has 1 heterocycles. The van der Waals surface area contributed by atoms with E-state index in [4.69, 9.17) is 4.74 Å². The molecule has 18 heavy (non-hydrogen) atoms. The SMILES string of the molecule is CCC1CCN(C(COC)C(C)C)CC(C)CN1. The molecule has 1 saturated heterocycles. The smallest absolute Gasteiger partial charge is 0.0620 e. The summed E-state index contributed by atoms with van der Waals surface area (Å²) in [4.78, 5) is 2.66. The number of hydrogen-bond donors (Lipinski definition) is 1. The van der Waals surface area contributed by atoms with Crippen molar-refractivity contribution in [1.82, 2.24) is 10.2 Å². The normalized spacial score (nSPS) is 29.0. The Bertz CT molecular complexity index is 221. The highest BCUT2D eigenvalue weighted by atomic mass is 16.5. The first-order valence-corrected chi connectivity index (χ1v) is 7.54. The molecule has 0 spiro atoms. The second-order valence-electron chi connectivity index (χ2n) is 6.17. The summed E-state index contributed by atoms with van der Waals surface area (Å²) in [5.41, 5.74) is 0. The summed E-state index contributed by atoms with van der Waals surface area (Å²) in [5.74, 6) is 1.38. The molecule has 0 radical (unpaired) electrons. The molecule has 3 heteroatoms. The standard InChI is InChI=1S/C15H32N2O/c1-6-14-7-8-17(10-13(4)9-16-14)15(11-18-5)12(2)3/h12-16H,6-11H2,1-5H3. The van der Waals surface area contributed by atoms with Gasteiger partial charge in [-0.3, -0.25) is 4.90 Å². The quantitative estimate of drug-likeness (QED) is 0.817. The molecule has 1 rings (SSSR count). The van der Waals surface area contributed by atoms with Gasteiger partial charge in [0.1, 0.15) is 0 Å². The fourth-order valence-corrected chi connectivity index (χ4v) is 2.89. The zero-order chi connectivity index (χ0) is 13.5. The molecule has 0 aromatic rings. The van der Waals surface area contributed by atoms with Crippen LogP contribution in [0, 0.1) is 11.8 Å². The van der Waals surface area contributed by atoms with Crippen molar-refractivity contribution in [1.29, 1.82) is 0 Å². The van der Waals surface area contributed by atoms with Gasteiger partial charge in [-0.2, -0.15) is 0 Å². The maximum absolute atomic E-state index is 5.42. The van der Waals surface area contributed by atoms with Gasteiger partial charge in [0.25, 0.3) is 0 Å². The largest absolute Gasteiger partial charge is 0.383 e. The van der Waals surface area contributed by atoms with Crippen LogP contribution in [0.25, 0.3) is 0 Å². The van der Waals surface area contributed by atoms with Crippen molar-refractivity contribution in [2.45, 2.75) is 52.6 Å². The van der Waals surface area contributed by atoms with Gasteiger partial charge in [0.2, 0.25) is 0 Å². The summed E-state index contributed by atoms with van der Waals surface area (Å²) >= 11 is 0. The van der Waals surface area contributed by atoms with Crippen LogP contribution in [0.1, 0.15) is 40.5 Å². The molecule has 0 saturated carbocycles. The minimum absolute atomic E-state index is 0.563. The van der Waals surface area contributed by atoms with E-state index in [2.05, 4.69) is 37.9 Å². The second kappa shape index (κ2) is 8.13. The molecule has 0 amide bonds. The molecule has 0 aliphatic carbocycles. The Labute approximate surface area is 113 Å². The molecule has 1 aliphatic rings. The highest BCUT2D eigenvalue weighted by Gasteiger charge is 2.25. The van der Waals surface area contributed by atoms with Gasteiger partial charge in [-0.25, -0.2) is 0 Å². The average Bonchev–Trinajstić information content (AvgIpc) is 2.31. The number of methoxy groups -OCH3 is 1. The molecule has 0 bridgehead atoms. The second-order valence-corrected chi connectivity index (χ2v) is 6.17. The Hall–Kier alpha value is -0.120. The van der Waals surface area contributed by atoms with Crippen molar-refractivity contribution >= 4 is 0 Å². The van der Waals surface area contributed by atoms with E-state index in [1.54, 1.807) is 0 Å². The van der Waals surface area contributed by atoms with Crippen LogP contribution in [0.4, 0.5) is 0 Å². The number of rotatable bonds is 5. The van der Waals surface area contributed by atoms with E-state index < -0.39 is 0 Å². The topological polar surface area (TPSA) is 24.5 Å². The van der Waals surface area contributed by atoms with Crippen LogP contribution in [0.5, 0.6) is 0 Å². The van der Waals surface area contributed by atoms with Gasteiger partial charge < -0.3 is 10.1 Å². The van der Waals surface area contributed by atoms with E-state index in [9.17, 15) is 0 Å². The van der Waals surface area contributed by atoms with Crippen molar-refractivity contribution in [3.05, 3.63) is 0 Å². The van der Waals surface area contributed by atoms with Gasteiger partial charge in [-0.1, -0.05) is 27.7 Å². The lowest BCUT2D eigenvalue weighted by Crippen LogP contribution is -2.50. The summed E-state index contributed by atoms with van der Waals surface area (Å²) in [5, 5.41) is 3.68. The van der Waals surface area contributed by atoms with E-state index in [0.29, 0.717) is 18.0 Å². The summed E-state index contributed by atoms with van der Waals surface area (Å²) in [6.45, 7) is 13.6. The van der Waals surface area contributed by atoms with Crippen LogP contribution >= 0.6 is 0 Å². The Morgan fingerprint density at radius 1 is 1.39 bits per heavy atom. The van der Waals surface area contributed by atoms with Gasteiger partial charge in [-0.05, 0) is 31.2 Å². The minimum atomic E-state index is 0.563. The van der Waals surface area contributed by atoms with Gasteiger partial charge in [0.05, 0.1) is 6.61 Å². The molecule has 1 aliphatic heterocycles. The summed E-state index contributed by atoms with van der Waals surface area (Å²) in [7, 11) is 1.82. The van der Waals surface area contributed by atoms with Crippen LogP contribution in [-0.4, -0.2) is 50.3 Å². The first kappa shape index (κ1) is 15.9. The summed E-state index contributed by atoms with van der Waals surface area (Å²) in [6.07, 6.45) is 2.49. The predicted molar refractivity (Wildman–Crippen MR) is 77.9 cm³/mol. The number of ether oxygens (including phenoxy) is 1. The lowest BCUT2D eigenvalue weighted by atomic mass is 9.98. The van der Waals surface area contributed by atoms with E-state index in [1.807, 2.05) is 7.11 Å². The maximum Gasteiger partial charge on any atom is 0.0620 e. The molecule has 1 N–H and O–H groups in total. The van der Waals surface area contributed by atoms with Gasteiger partial charge in [0.15, 0.2) is 0 Å². The van der Waals surface area contributed by atoms with Crippen LogP contribution in [0.3, 0.4) is 0 Å². The highest BCUT2D eigenvalue weighted by molar-refractivity contribution is 4.81. The molecular weight excluding hydrogens is 224 g/mol. The molecule has 3 nitrogen and oxygen atoms in total. The van der Waals surface area contributed by atoms with E-state index >= 15 is 0 Å². The van der Waals surface area contributed by atoms with E-state index in [-0.39, 0.29) is 0 Å². The van der Waals surface area contributed by atoms with Crippen LogP contribution in [0.2, 0.25) is 0 Å². The summed E-state index contributed by atoms with van der Waals surface area (Å²) in [6, 6.07) is 1.25. The van der Waals surface area contributed by atoms with Crippen LogP contribution in [-0.2, 0) is 4.74 Å². The van der Waals surface area contributed by atoms with E-state index in [1.165, 1.54) is 25.9 Å². The number of hydrogen-bond acceptors (Lipinski definition) is 3. The lowest BCUT2D eigenvalue weighted by molar-refractivity contribution is 0.0475. The summed E-state index contributed by atoms with van der Waals surface area (Å²) < 4.78 is 5.42. The van der Waals surface area contributed by atoms with Crippen molar-refractivity contribution in [3.8, 4) is 0 Å². The first-order chi connectivity index (χ1) is 8.58. The Morgan fingerprint density at radius 3 is 2.67 bits per heavy atom. The van der Waals surface area contributed by atoms with Gasteiger partial charge >= 0.3 is 0 Å². The molecule has 3 atom stereocenters. The Kier molecular flexibility index (Phi) is 7.20. The average molecular weight is 256 g/mol. The Morgan fingerprint density at radius 2 is 2.11 bits per heavy atom. The van der Waals surface area contributed by atoms with Crippen LogP contribution < -0.4 is 5.32 Å². The molecule has 3 unspecified atom stereocenters. The molecular formula is C15H32N2O. The van der Waals surface area contributed by atoms with Crippen LogP contribution in [0.15, 0.2) is 0 Å². The molecule has 108 valence electrons. The minimum Gasteiger partial charge on any atom is -0.383 e. The van der Waals surface area contributed by atoms with Crippen molar-refractivity contribution in [3.63, 3.8) is 0 Å². The number of nitrogens with one attached hydrogen (secondary N) is 1. The molecule has 0 aromatic heterocycles. The third-order valence-corrected chi connectivity index (χ3v) is 4.13. The molecule has 1 fully saturated rings. The zero-order valence-corrected chi connectivity index (χ0v) is 12.9. The maximum atomic E-state index is 5.42. The Balaban J connectivity index is 2.64. The van der Waals surface area contributed by atoms with Gasteiger partial charge in [-0.15, -0.1) is 0 Å². The highest BCUT2D eigenvalue weighted by Crippen LogP contribution is 2.17. The fraction of sp³-hybridized carbons (Fsp3) is 1.00. The van der Waals surface area contributed by atoms with Gasteiger partial charge in [0, 0.05) is 32.3 Å². The van der Waals surface area contributed by atoms with E-state index in [0.717, 1.165) is 19.1 Å². The molecule has 0 aromatic carbocycles. The fourth-order valence-electron chi connectivity index (χ4n) is 2.89. The number of nitrogens with zero attached hydrogens (tertiary/aromatic N) is 1. The first-order valence-electron chi connectivity index (χ1n) is 7.54. The predicted octanol–water partition coefficient (Wildman–Crippen LogP) is 2.37. The third-order valence-electron chi connectivity index (χ3n) is 4.13.